The second-order valence-electron chi connectivity index (χ2n) is 5.48. The Bertz CT molecular complexity index is 479. The quantitative estimate of drug-likeness (QED) is 0.596. The Hall–Kier alpha value is -1.52. The molecular formula is C17H22O4. The molecule has 2 rings (SSSR count). The van der Waals surface area contributed by atoms with E-state index in [9.17, 15) is 9.59 Å². The molecule has 1 aromatic rings. The highest BCUT2D eigenvalue weighted by Gasteiger charge is 2.38. The zero-order valence-electron chi connectivity index (χ0n) is 12.6. The Kier molecular flexibility index (Phi) is 5.65. The molecule has 1 fully saturated rings. The SMILES string of the molecule is COC(OC)C(=O)[C@H]1CCC[C@H](Cc2ccccc2)C1=O. The van der Waals surface area contributed by atoms with Gasteiger partial charge in [-0.1, -0.05) is 36.8 Å². The summed E-state index contributed by atoms with van der Waals surface area (Å²) in [4.78, 5) is 24.9. The second-order valence-corrected chi connectivity index (χ2v) is 5.48. The number of carbonyl (C=O) groups excluding carboxylic acids is 2. The first-order valence-corrected chi connectivity index (χ1v) is 7.34. The summed E-state index contributed by atoms with van der Waals surface area (Å²) in [6, 6.07) is 9.94. The van der Waals surface area contributed by atoms with Crippen LogP contribution in [-0.4, -0.2) is 32.1 Å². The number of carbonyl (C=O) groups is 2. The molecule has 0 aliphatic heterocycles. The first-order chi connectivity index (χ1) is 10.2. The molecule has 0 amide bonds. The fourth-order valence-corrected chi connectivity index (χ4v) is 3.01. The van der Waals surface area contributed by atoms with Crippen molar-refractivity contribution in [3.8, 4) is 0 Å². The number of hydrogen-bond donors (Lipinski definition) is 0. The number of methoxy groups -OCH3 is 2. The molecule has 0 spiro atoms. The summed E-state index contributed by atoms with van der Waals surface area (Å²) in [5.41, 5.74) is 1.14. The summed E-state index contributed by atoms with van der Waals surface area (Å²) in [5.74, 6) is -0.876. The molecule has 0 N–H and O–H groups in total. The third-order valence-corrected chi connectivity index (χ3v) is 4.12. The molecule has 0 saturated heterocycles. The maximum atomic E-state index is 12.6. The number of benzene rings is 1. The first-order valence-electron chi connectivity index (χ1n) is 7.34. The van der Waals surface area contributed by atoms with Crippen LogP contribution in [0.25, 0.3) is 0 Å². The molecule has 1 saturated carbocycles. The molecule has 2 atom stereocenters. The van der Waals surface area contributed by atoms with Crippen molar-refractivity contribution in [1.29, 1.82) is 0 Å². The molecule has 4 nitrogen and oxygen atoms in total. The maximum Gasteiger partial charge on any atom is 0.218 e. The molecule has 0 radical (unpaired) electrons. The molecule has 1 aliphatic carbocycles. The van der Waals surface area contributed by atoms with Crippen molar-refractivity contribution < 1.29 is 19.1 Å². The maximum absolute atomic E-state index is 12.6. The van der Waals surface area contributed by atoms with Gasteiger partial charge in [0, 0.05) is 20.1 Å². The topological polar surface area (TPSA) is 52.6 Å². The highest BCUT2D eigenvalue weighted by molar-refractivity contribution is 6.05. The van der Waals surface area contributed by atoms with Crippen LogP contribution >= 0.6 is 0 Å². The minimum atomic E-state index is -0.936. The number of hydrogen-bond acceptors (Lipinski definition) is 4. The smallest absolute Gasteiger partial charge is 0.218 e. The van der Waals surface area contributed by atoms with E-state index < -0.39 is 12.2 Å². The first kappa shape index (κ1) is 15.9. The molecular weight excluding hydrogens is 268 g/mol. The predicted octanol–water partition coefficient (Wildman–Crippen LogP) is 2.40. The average molecular weight is 290 g/mol. The summed E-state index contributed by atoms with van der Waals surface area (Å²) in [7, 11) is 2.83. The third kappa shape index (κ3) is 3.77. The number of ketones is 2. The van der Waals surface area contributed by atoms with Crippen LogP contribution in [0.2, 0.25) is 0 Å². The van der Waals surface area contributed by atoms with Crippen molar-refractivity contribution in [2.75, 3.05) is 14.2 Å². The Morgan fingerprint density at radius 3 is 2.48 bits per heavy atom. The standard InChI is InChI=1S/C17H22O4/c1-20-17(21-2)16(19)14-10-6-9-13(15(14)18)11-12-7-4-3-5-8-12/h3-5,7-8,13-14,17H,6,9-11H2,1-2H3/t13-,14+/m1/s1. The Morgan fingerprint density at radius 2 is 1.86 bits per heavy atom. The molecule has 0 bridgehead atoms. The molecule has 0 aromatic heterocycles. The van der Waals surface area contributed by atoms with Crippen molar-refractivity contribution >= 4 is 11.6 Å². The van der Waals surface area contributed by atoms with Crippen molar-refractivity contribution in [3.05, 3.63) is 35.9 Å². The van der Waals surface area contributed by atoms with Crippen LogP contribution < -0.4 is 0 Å². The Balaban J connectivity index is 2.06. The van der Waals surface area contributed by atoms with Gasteiger partial charge in [-0.3, -0.25) is 9.59 Å². The highest BCUT2D eigenvalue weighted by atomic mass is 16.7. The minimum absolute atomic E-state index is 0.0363. The summed E-state index contributed by atoms with van der Waals surface area (Å²) in [5, 5.41) is 0. The van der Waals surface area contributed by atoms with Crippen LogP contribution in [0.15, 0.2) is 30.3 Å². The van der Waals surface area contributed by atoms with Gasteiger partial charge in [0.15, 0.2) is 5.78 Å². The van der Waals surface area contributed by atoms with Gasteiger partial charge >= 0.3 is 0 Å². The molecule has 4 heteroatoms. The average Bonchev–Trinajstić information content (AvgIpc) is 2.51. The van der Waals surface area contributed by atoms with E-state index in [4.69, 9.17) is 9.47 Å². The number of rotatable bonds is 6. The molecule has 1 aromatic carbocycles. The van der Waals surface area contributed by atoms with Gasteiger partial charge in [-0.2, -0.15) is 0 Å². The van der Waals surface area contributed by atoms with Gasteiger partial charge in [0.1, 0.15) is 5.78 Å². The molecule has 0 heterocycles. The molecule has 1 aliphatic rings. The summed E-state index contributed by atoms with van der Waals surface area (Å²) >= 11 is 0. The Labute approximate surface area is 125 Å². The van der Waals surface area contributed by atoms with Gasteiger partial charge in [0.05, 0.1) is 5.92 Å². The normalized spacial score (nSPS) is 22.5. The van der Waals surface area contributed by atoms with E-state index in [2.05, 4.69) is 0 Å². The molecule has 114 valence electrons. The van der Waals surface area contributed by atoms with Crippen molar-refractivity contribution in [2.24, 2.45) is 11.8 Å². The number of ether oxygens (including phenoxy) is 2. The lowest BCUT2D eigenvalue weighted by Crippen LogP contribution is -2.41. The van der Waals surface area contributed by atoms with E-state index in [1.807, 2.05) is 30.3 Å². The van der Waals surface area contributed by atoms with E-state index in [-0.39, 0.29) is 17.5 Å². The van der Waals surface area contributed by atoms with E-state index >= 15 is 0 Å². The van der Waals surface area contributed by atoms with Crippen LogP contribution in [0.3, 0.4) is 0 Å². The van der Waals surface area contributed by atoms with E-state index in [0.29, 0.717) is 12.8 Å². The highest BCUT2D eigenvalue weighted by Crippen LogP contribution is 2.30. The van der Waals surface area contributed by atoms with Crippen molar-refractivity contribution in [3.63, 3.8) is 0 Å². The van der Waals surface area contributed by atoms with E-state index in [1.54, 1.807) is 0 Å². The largest absolute Gasteiger partial charge is 0.349 e. The van der Waals surface area contributed by atoms with Crippen LogP contribution in [-0.2, 0) is 25.5 Å². The van der Waals surface area contributed by atoms with E-state index in [1.165, 1.54) is 14.2 Å². The summed E-state index contributed by atoms with van der Waals surface area (Å²) < 4.78 is 9.98. The van der Waals surface area contributed by atoms with Gasteiger partial charge < -0.3 is 9.47 Å². The molecule has 0 unspecified atom stereocenters. The zero-order chi connectivity index (χ0) is 15.2. The summed E-state index contributed by atoms with van der Waals surface area (Å²) in [6.45, 7) is 0. The van der Waals surface area contributed by atoms with Crippen molar-refractivity contribution in [2.45, 2.75) is 32.0 Å². The third-order valence-electron chi connectivity index (χ3n) is 4.12. The number of Topliss-reactive ketones (excluding diaryl/α,β-unsaturated/α-hetero) is 2. The lowest BCUT2D eigenvalue weighted by molar-refractivity contribution is -0.164. The van der Waals surface area contributed by atoms with E-state index in [0.717, 1.165) is 18.4 Å². The minimum Gasteiger partial charge on any atom is -0.349 e. The van der Waals surface area contributed by atoms with Crippen LogP contribution in [0.1, 0.15) is 24.8 Å². The van der Waals surface area contributed by atoms with Crippen LogP contribution in [0.4, 0.5) is 0 Å². The lowest BCUT2D eigenvalue weighted by Gasteiger charge is -2.28. The fraction of sp³-hybridized carbons (Fsp3) is 0.529. The monoisotopic (exact) mass is 290 g/mol. The summed E-state index contributed by atoms with van der Waals surface area (Å²) in [6.07, 6.45) is 2.11. The lowest BCUT2D eigenvalue weighted by atomic mass is 9.75. The zero-order valence-corrected chi connectivity index (χ0v) is 12.6. The van der Waals surface area contributed by atoms with Crippen LogP contribution in [0, 0.1) is 11.8 Å². The molecule has 21 heavy (non-hydrogen) atoms. The van der Waals surface area contributed by atoms with Crippen LogP contribution in [0.5, 0.6) is 0 Å². The van der Waals surface area contributed by atoms with Crippen molar-refractivity contribution in [1.82, 2.24) is 0 Å². The van der Waals surface area contributed by atoms with Gasteiger partial charge in [0.25, 0.3) is 0 Å². The Morgan fingerprint density at radius 1 is 1.19 bits per heavy atom. The second kappa shape index (κ2) is 7.48. The van der Waals surface area contributed by atoms with Gasteiger partial charge in [-0.05, 0) is 24.8 Å². The van der Waals surface area contributed by atoms with Gasteiger partial charge in [0.2, 0.25) is 6.29 Å². The van der Waals surface area contributed by atoms with Gasteiger partial charge in [-0.15, -0.1) is 0 Å². The fourth-order valence-electron chi connectivity index (χ4n) is 3.01. The van der Waals surface area contributed by atoms with Gasteiger partial charge in [-0.25, -0.2) is 0 Å². The predicted molar refractivity (Wildman–Crippen MR) is 78.8 cm³/mol.